The summed E-state index contributed by atoms with van der Waals surface area (Å²) in [6.45, 7) is 7.96. The second kappa shape index (κ2) is 6.61. The van der Waals surface area contributed by atoms with Gasteiger partial charge in [0.2, 0.25) is 0 Å². The van der Waals surface area contributed by atoms with Gasteiger partial charge in [-0.3, -0.25) is 0 Å². The minimum atomic E-state index is -0.789. The van der Waals surface area contributed by atoms with E-state index in [0.717, 1.165) is 6.42 Å². The van der Waals surface area contributed by atoms with Crippen molar-refractivity contribution in [2.45, 2.75) is 39.7 Å². The molecule has 0 radical (unpaired) electrons. The first-order valence-corrected chi connectivity index (χ1v) is 5.21. The fourth-order valence-electron chi connectivity index (χ4n) is 1.68. The molecule has 14 heavy (non-hydrogen) atoms. The Labute approximate surface area is 87.8 Å². The van der Waals surface area contributed by atoms with Gasteiger partial charge in [0, 0.05) is 0 Å². The van der Waals surface area contributed by atoms with Crippen LogP contribution in [0.3, 0.4) is 0 Å². The maximum atomic E-state index is 10.2. The minimum absolute atomic E-state index is 0.386. The zero-order valence-corrected chi connectivity index (χ0v) is 9.70. The molecule has 1 nitrogen and oxygen atoms in total. The number of hydrogen-bond donors (Lipinski definition) is 1. The summed E-state index contributed by atoms with van der Waals surface area (Å²) in [6, 6.07) is 0. The average molecular weight is 194 g/mol. The molecule has 0 saturated carbocycles. The molecule has 0 saturated heterocycles. The van der Waals surface area contributed by atoms with Crippen LogP contribution in [0.2, 0.25) is 0 Å². The number of aliphatic hydroxyl groups is 1. The van der Waals surface area contributed by atoms with Crippen molar-refractivity contribution in [3.63, 3.8) is 0 Å². The molecule has 0 aromatic heterocycles. The van der Waals surface area contributed by atoms with Crippen molar-refractivity contribution in [3.8, 4) is 0 Å². The molecule has 0 heterocycles. The van der Waals surface area contributed by atoms with Gasteiger partial charge in [-0.1, -0.05) is 43.4 Å². The van der Waals surface area contributed by atoms with Gasteiger partial charge in [-0.25, -0.2) is 0 Å². The first-order chi connectivity index (χ1) is 6.58. The van der Waals surface area contributed by atoms with Gasteiger partial charge in [-0.15, -0.1) is 0 Å². The molecular formula is C13H22O. The van der Waals surface area contributed by atoms with E-state index in [1.807, 2.05) is 51.2 Å². The van der Waals surface area contributed by atoms with Gasteiger partial charge in [0.1, 0.15) is 5.60 Å². The lowest BCUT2D eigenvalue weighted by atomic mass is 9.90. The van der Waals surface area contributed by atoms with E-state index >= 15 is 0 Å². The van der Waals surface area contributed by atoms with Crippen LogP contribution in [0.5, 0.6) is 0 Å². The Morgan fingerprint density at radius 3 is 1.93 bits per heavy atom. The van der Waals surface area contributed by atoms with Crippen LogP contribution in [-0.4, -0.2) is 10.7 Å². The smallest absolute Gasteiger partial charge is 0.101 e. The first-order valence-electron chi connectivity index (χ1n) is 5.21. The van der Waals surface area contributed by atoms with Crippen molar-refractivity contribution < 1.29 is 5.11 Å². The van der Waals surface area contributed by atoms with Crippen LogP contribution in [0.4, 0.5) is 0 Å². The summed E-state index contributed by atoms with van der Waals surface area (Å²) in [5.41, 5.74) is -0.789. The molecule has 0 aliphatic rings. The summed E-state index contributed by atoms with van der Waals surface area (Å²) in [4.78, 5) is 0. The summed E-state index contributed by atoms with van der Waals surface area (Å²) >= 11 is 0. The summed E-state index contributed by atoms with van der Waals surface area (Å²) in [5, 5.41) is 10.2. The quantitative estimate of drug-likeness (QED) is 0.664. The molecule has 0 rings (SSSR count). The lowest BCUT2D eigenvalue weighted by Gasteiger charge is -2.23. The summed E-state index contributed by atoms with van der Waals surface area (Å²) < 4.78 is 0. The minimum Gasteiger partial charge on any atom is -0.382 e. The SMILES string of the molecule is CC=CC(C)CC(O)(C=CC)C=CC. The largest absolute Gasteiger partial charge is 0.382 e. The van der Waals surface area contributed by atoms with Crippen LogP contribution >= 0.6 is 0 Å². The van der Waals surface area contributed by atoms with E-state index in [4.69, 9.17) is 0 Å². The molecule has 0 spiro atoms. The Morgan fingerprint density at radius 2 is 1.57 bits per heavy atom. The van der Waals surface area contributed by atoms with E-state index in [0.29, 0.717) is 5.92 Å². The maximum Gasteiger partial charge on any atom is 0.101 e. The molecule has 1 atom stereocenters. The summed E-state index contributed by atoms with van der Waals surface area (Å²) in [7, 11) is 0. The first kappa shape index (κ1) is 13.2. The van der Waals surface area contributed by atoms with Crippen molar-refractivity contribution in [2.24, 2.45) is 5.92 Å². The number of rotatable bonds is 5. The summed E-state index contributed by atoms with van der Waals surface area (Å²) in [6.07, 6.45) is 12.3. The Bertz CT molecular complexity index is 211. The van der Waals surface area contributed by atoms with Crippen molar-refractivity contribution >= 4 is 0 Å². The standard InChI is InChI=1S/C13H22O/c1-5-8-12(4)11-13(14,9-6-2)10-7-3/h5-10,12,14H,11H2,1-4H3. The van der Waals surface area contributed by atoms with E-state index in [-0.39, 0.29) is 0 Å². The third-order valence-electron chi connectivity index (χ3n) is 2.08. The van der Waals surface area contributed by atoms with Crippen LogP contribution in [0.15, 0.2) is 36.5 Å². The number of allylic oxidation sites excluding steroid dienone is 4. The van der Waals surface area contributed by atoms with Crippen LogP contribution < -0.4 is 0 Å². The van der Waals surface area contributed by atoms with Crippen molar-refractivity contribution in [1.82, 2.24) is 0 Å². The van der Waals surface area contributed by atoms with Gasteiger partial charge < -0.3 is 5.11 Å². The molecule has 0 aromatic carbocycles. The molecule has 80 valence electrons. The van der Waals surface area contributed by atoms with Crippen molar-refractivity contribution in [3.05, 3.63) is 36.5 Å². The molecule has 0 aliphatic heterocycles. The predicted octanol–water partition coefficient (Wildman–Crippen LogP) is 3.47. The second-order valence-electron chi connectivity index (χ2n) is 3.70. The summed E-state index contributed by atoms with van der Waals surface area (Å²) in [5.74, 6) is 0.386. The highest BCUT2D eigenvalue weighted by molar-refractivity contribution is 5.13. The highest BCUT2D eigenvalue weighted by Crippen LogP contribution is 2.21. The monoisotopic (exact) mass is 194 g/mol. The Kier molecular flexibility index (Phi) is 6.22. The van der Waals surface area contributed by atoms with Crippen molar-refractivity contribution in [2.75, 3.05) is 0 Å². The predicted molar refractivity (Wildman–Crippen MR) is 63.2 cm³/mol. The highest BCUT2D eigenvalue weighted by atomic mass is 16.3. The maximum absolute atomic E-state index is 10.2. The normalized spacial score (nSPS) is 19.5. The molecule has 1 N–H and O–H groups in total. The van der Waals surface area contributed by atoms with E-state index in [9.17, 15) is 5.11 Å². The molecular weight excluding hydrogens is 172 g/mol. The third kappa shape index (κ3) is 5.03. The molecule has 0 fully saturated rings. The van der Waals surface area contributed by atoms with Crippen LogP contribution in [0.1, 0.15) is 34.1 Å². The molecule has 1 unspecified atom stereocenters. The van der Waals surface area contributed by atoms with Gasteiger partial charge in [-0.05, 0) is 33.1 Å². The van der Waals surface area contributed by atoms with Gasteiger partial charge in [0.15, 0.2) is 0 Å². The van der Waals surface area contributed by atoms with E-state index < -0.39 is 5.60 Å². The Balaban J connectivity index is 4.51. The molecule has 0 bridgehead atoms. The van der Waals surface area contributed by atoms with Crippen LogP contribution in [0.25, 0.3) is 0 Å². The Morgan fingerprint density at radius 1 is 1.07 bits per heavy atom. The van der Waals surface area contributed by atoms with Gasteiger partial charge in [0.25, 0.3) is 0 Å². The molecule has 1 heteroatoms. The molecule has 0 aliphatic carbocycles. The molecule has 0 aromatic rings. The zero-order chi connectivity index (χ0) is 11.0. The zero-order valence-electron chi connectivity index (χ0n) is 9.70. The van der Waals surface area contributed by atoms with Crippen molar-refractivity contribution in [1.29, 1.82) is 0 Å². The van der Waals surface area contributed by atoms with E-state index in [1.54, 1.807) is 0 Å². The fraction of sp³-hybridized carbons (Fsp3) is 0.538. The fourth-order valence-corrected chi connectivity index (χ4v) is 1.68. The third-order valence-corrected chi connectivity index (χ3v) is 2.08. The number of hydrogen-bond acceptors (Lipinski definition) is 1. The van der Waals surface area contributed by atoms with Crippen LogP contribution in [-0.2, 0) is 0 Å². The highest BCUT2D eigenvalue weighted by Gasteiger charge is 2.20. The van der Waals surface area contributed by atoms with E-state index in [2.05, 4.69) is 13.0 Å². The van der Waals surface area contributed by atoms with Gasteiger partial charge in [0.05, 0.1) is 0 Å². The lowest BCUT2D eigenvalue weighted by Crippen LogP contribution is -2.25. The van der Waals surface area contributed by atoms with Crippen LogP contribution in [0, 0.1) is 5.92 Å². The van der Waals surface area contributed by atoms with Gasteiger partial charge >= 0.3 is 0 Å². The second-order valence-corrected chi connectivity index (χ2v) is 3.70. The van der Waals surface area contributed by atoms with E-state index in [1.165, 1.54) is 0 Å². The van der Waals surface area contributed by atoms with Gasteiger partial charge in [-0.2, -0.15) is 0 Å². The molecule has 0 amide bonds. The Hall–Kier alpha value is -0.820. The topological polar surface area (TPSA) is 20.2 Å². The average Bonchev–Trinajstić information content (AvgIpc) is 2.04. The lowest BCUT2D eigenvalue weighted by molar-refractivity contribution is 0.121.